The van der Waals surface area contributed by atoms with E-state index in [4.69, 9.17) is 11.6 Å². The highest BCUT2D eigenvalue weighted by Crippen LogP contribution is 2.29. The van der Waals surface area contributed by atoms with Crippen LogP contribution in [-0.4, -0.2) is 18.4 Å². The lowest BCUT2D eigenvalue weighted by atomic mass is 10.1. The first kappa shape index (κ1) is 16.5. The molecular weight excluding hydrogens is 324 g/mol. The molecule has 2 aromatic carbocycles. The van der Waals surface area contributed by atoms with Gasteiger partial charge in [-0.3, -0.25) is 9.59 Å². The van der Waals surface area contributed by atoms with Gasteiger partial charge in [0.05, 0.1) is 11.3 Å². The Morgan fingerprint density at radius 1 is 1.17 bits per heavy atom. The molecule has 0 aromatic heterocycles. The van der Waals surface area contributed by atoms with Crippen molar-refractivity contribution in [1.29, 1.82) is 0 Å². The summed E-state index contributed by atoms with van der Waals surface area (Å²) in [5.74, 6) is -0.217. The molecule has 2 aromatic rings. The normalized spacial score (nSPS) is 14.1. The predicted octanol–water partition coefficient (Wildman–Crippen LogP) is 4.34. The van der Waals surface area contributed by atoms with Crippen LogP contribution in [0.25, 0.3) is 0 Å². The zero-order chi connectivity index (χ0) is 17.3. The van der Waals surface area contributed by atoms with Crippen molar-refractivity contribution < 1.29 is 9.59 Å². The Morgan fingerprint density at radius 2 is 1.96 bits per heavy atom. The van der Waals surface area contributed by atoms with Gasteiger partial charge in [-0.2, -0.15) is 0 Å². The highest BCUT2D eigenvalue weighted by Gasteiger charge is 2.26. The van der Waals surface area contributed by atoms with Crippen molar-refractivity contribution in [2.75, 3.05) is 16.8 Å². The maximum atomic E-state index is 12.8. The molecule has 0 unspecified atom stereocenters. The number of carbonyl (C=O) groups is 2. The first-order chi connectivity index (χ1) is 11.5. The maximum absolute atomic E-state index is 12.8. The molecule has 2 amide bonds. The summed E-state index contributed by atoms with van der Waals surface area (Å²) in [5, 5.41) is 3.44. The second kappa shape index (κ2) is 6.65. The van der Waals surface area contributed by atoms with E-state index in [1.54, 1.807) is 23.1 Å². The summed E-state index contributed by atoms with van der Waals surface area (Å²) in [6.45, 7) is 4.58. The highest BCUT2D eigenvalue weighted by molar-refractivity contribution is 6.31. The molecule has 124 valence electrons. The number of hydrogen-bond acceptors (Lipinski definition) is 2. The number of benzene rings is 2. The quantitative estimate of drug-likeness (QED) is 0.902. The molecule has 1 saturated heterocycles. The molecule has 1 aliphatic rings. The molecule has 0 atom stereocenters. The second-order valence-corrected chi connectivity index (χ2v) is 6.52. The third-order valence-corrected chi connectivity index (χ3v) is 4.43. The van der Waals surface area contributed by atoms with Crippen LogP contribution in [0.5, 0.6) is 0 Å². The summed E-state index contributed by atoms with van der Waals surface area (Å²) < 4.78 is 0. The summed E-state index contributed by atoms with van der Waals surface area (Å²) >= 11 is 6.08. The molecule has 1 fully saturated rings. The van der Waals surface area contributed by atoms with Gasteiger partial charge in [0.1, 0.15) is 0 Å². The van der Waals surface area contributed by atoms with E-state index in [2.05, 4.69) is 5.32 Å². The molecule has 5 heteroatoms. The monoisotopic (exact) mass is 342 g/mol. The summed E-state index contributed by atoms with van der Waals surface area (Å²) in [7, 11) is 0. The molecule has 0 spiro atoms. The number of amides is 2. The first-order valence-electron chi connectivity index (χ1n) is 7.94. The first-order valence-corrected chi connectivity index (χ1v) is 8.32. The zero-order valence-corrected chi connectivity index (χ0v) is 14.5. The molecule has 0 radical (unpaired) electrons. The van der Waals surface area contributed by atoms with Gasteiger partial charge in [-0.15, -0.1) is 0 Å². The van der Waals surface area contributed by atoms with Crippen LogP contribution in [0, 0.1) is 13.8 Å². The molecule has 1 N–H and O–H groups in total. The molecule has 0 aliphatic carbocycles. The standard InChI is InChI=1S/C19H19ClN2O2/c1-12-5-8-16(13(2)10-12)21-19(24)15-7-6-14(20)11-17(15)22-9-3-4-18(22)23/h5-8,10-11H,3-4,9H2,1-2H3,(H,21,24). The van der Waals surface area contributed by atoms with Crippen molar-refractivity contribution in [1.82, 2.24) is 0 Å². The second-order valence-electron chi connectivity index (χ2n) is 6.08. The fourth-order valence-corrected chi connectivity index (χ4v) is 3.13. The molecule has 1 heterocycles. The van der Waals surface area contributed by atoms with Crippen molar-refractivity contribution in [3.05, 3.63) is 58.1 Å². The number of rotatable bonds is 3. The van der Waals surface area contributed by atoms with Gasteiger partial charge in [-0.05, 0) is 50.1 Å². The molecule has 0 bridgehead atoms. The van der Waals surface area contributed by atoms with E-state index in [-0.39, 0.29) is 11.8 Å². The average Bonchev–Trinajstić information content (AvgIpc) is 2.96. The minimum atomic E-state index is -0.242. The Labute approximate surface area is 146 Å². The number of anilines is 2. The number of nitrogens with zero attached hydrogens (tertiary/aromatic N) is 1. The lowest BCUT2D eigenvalue weighted by Crippen LogP contribution is -2.27. The summed E-state index contributed by atoms with van der Waals surface area (Å²) in [6.07, 6.45) is 1.30. The van der Waals surface area contributed by atoms with Crippen LogP contribution in [-0.2, 0) is 4.79 Å². The fourth-order valence-electron chi connectivity index (χ4n) is 2.97. The lowest BCUT2D eigenvalue weighted by molar-refractivity contribution is -0.117. The van der Waals surface area contributed by atoms with Crippen molar-refractivity contribution >= 4 is 34.8 Å². The van der Waals surface area contributed by atoms with Crippen LogP contribution in [0.15, 0.2) is 36.4 Å². The van der Waals surface area contributed by atoms with Gasteiger partial charge in [0.2, 0.25) is 5.91 Å². The van der Waals surface area contributed by atoms with Crippen LogP contribution >= 0.6 is 11.6 Å². The molecule has 24 heavy (non-hydrogen) atoms. The third-order valence-electron chi connectivity index (χ3n) is 4.20. The van der Waals surface area contributed by atoms with E-state index in [0.717, 1.165) is 23.2 Å². The Balaban J connectivity index is 1.93. The number of nitrogens with one attached hydrogen (secondary N) is 1. The van der Waals surface area contributed by atoms with E-state index in [1.165, 1.54) is 0 Å². The van der Waals surface area contributed by atoms with Crippen LogP contribution < -0.4 is 10.2 Å². The smallest absolute Gasteiger partial charge is 0.257 e. The van der Waals surface area contributed by atoms with Crippen LogP contribution in [0.2, 0.25) is 5.02 Å². The topological polar surface area (TPSA) is 49.4 Å². The fraction of sp³-hybridized carbons (Fsp3) is 0.263. The molecule has 0 saturated carbocycles. The third kappa shape index (κ3) is 3.29. The molecule has 4 nitrogen and oxygen atoms in total. The van der Waals surface area contributed by atoms with Gasteiger partial charge in [0.25, 0.3) is 5.91 Å². The summed E-state index contributed by atoms with van der Waals surface area (Å²) in [6, 6.07) is 10.9. The Bertz CT molecular complexity index is 817. The van der Waals surface area contributed by atoms with Gasteiger partial charge < -0.3 is 10.2 Å². The molecule has 1 aliphatic heterocycles. The van der Waals surface area contributed by atoms with Crippen molar-refractivity contribution in [2.45, 2.75) is 26.7 Å². The lowest BCUT2D eigenvalue weighted by Gasteiger charge is -2.20. The Hall–Kier alpha value is -2.33. The predicted molar refractivity (Wildman–Crippen MR) is 96.9 cm³/mol. The van der Waals surface area contributed by atoms with E-state index in [1.807, 2.05) is 32.0 Å². The average molecular weight is 343 g/mol. The van der Waals surface area contributed by atoms with Crippen LogP contribution in [0.3, 0.4) is 0 Å². The van der Waals surface area contributed by atoms with Crippen molar-refractivity contribution in [3.8, 4) is 0 Å². The number of aryl methyl sites for hydroxylation is 2. The molecular formula is C19H19ClN2O2. The van der Waals surface area contributed by atoms with Gasteiger partial charge in [0, 0.05) is 23.7 Å². The van der Waals surface area contributed by atoms with E-state index < -0.39 is 0 Å². The Morgan fingerprint density at radius 3 is 2.62 bits per heavy atom. The summed E-state index contributed by atoms with van der Waals surface area (Å²) in [4.78, 5) is 26.5. The maximum Gasteiger partial charge on any atom is 0.257 e. The Kier molecular flexibility index (Phi) is 4.58. The van der Waals surface area contributed by atoms with Crippen molar-refractivity contribution in [3.63, 3.8) is 0 Å². The van der Waals surface area contributed by atoms with Gasteiger partial charge >= 0.3 is 0 Å². The van der Waals surface area contributed by atoms with Gasteiger partial charge in [-0.1, -0.05) is 29.3 Å². The summed E-state index contributed by atoms with van der Waals surface area (Å²) in [5.41, 5.74) is 3.93. The zero-order valence-electron chi connectivity index (χ0n) is 13.7. The minimum absolute atomic E-state index is 0.0258. The van der Waals surface area contributed by atoms with Crippen LogP contribution in [0.4, 0.5) is 11.4 Å². The van der Waals surface area contributed by atoms with E-state index in [9.17, 15) is 9.59 Å². The van der Waals surface area contributed by atoms with Crippen LogP contribution in [0.1, 0.15) is 34.3 Å². The van der Waals surface area contributed by atoms with E-state index >= 15 is 0 Å². The SMILES string of the molecule is Cc1ccc(NC(=O)c2ccc(Cl)cc2N2CCCC2=O)c(C)c1. The van der Waals surface area contributed by atoms with E-state index in [0.29, 0.717) is 29.2 Å². The van der Waals surface area contributed by atoms with Crippen molar-refractivity contribution in [2.24, 2.45) is 0 Å². The minimum Gasteiger partial charge on any atom is -0.322 e. The van der Waals surface area contributed by atoms with Gasteiger partial charge in [0.15, 0.2) is 0 Å². The highest BCUT2D eigenvalue weighted by atomic mass is 35.5. The largest absolute Gasteiger partial charge is 0.322 e. The molecule has 3 rings (SSSR count). The number of carbonyl (C=O) groups excluding carboxylic acids is 2. The number of halogens is 1. The van der Waals surface area contributed by atoms with Gasteiger partial charge in [-0.25, -0.2) is 0 Å². The number of hydrogen-bond donors (Lipinski definition) is 1.